The standard InChI is InChI=1S/C12H16N2O2/c1-8-3-4-10(14(15)16)7-11(8)12(5-6-12)9(2)13/h3-4,7,9H,5-6,13H2,1-2H3. The highest BCUT2D eigenvalue weighted by atomic mass is 16.6. The summed E-state index contributed by atoms with van der Waals surface area (Å²) in [4.78, 5) is 10.4. The number of rotatable bonds is 3. The summed E-state index contributed by atoms with van der Waals surface area (Å²) in [5.74, 6) is 0. The predicted molar refractivity (Wildman–Crippen MR) is 62.4 cm³/mol. The van der Waals surface area contributed by atoms with Crippen molar-refractivity contribution in [2.75, 3.05) is 0 Å². The molecule has 1 saturated carbocycles. The second-order valence-electron chi connectivity index (χ2n) is 4.70. The lowest BCUT2D eigenvalue weighted by atomic mass is 9.86. The number of nitro groups is 1. The van der Waals surface area contributed by atoms with Crippen LogP contribution in [0.25, 0.3) is 0 Å². The maximum absolute atomic E-state index is 10.8. The van der Waals surface area contributed by atoms with Gasteiger partial charge in [0, 0.05) is 23.6 Å². The summed E-state index contributed by atoms with van der Waals surface area (Å²) in [7, 11) is 0. The van der Waals surface area contributed by atoms with Crippen molar-refractivity contribution in [3.05, 3.63) is 39.4 Å². The fraction of sp³-hybridized carbons (Fsp3) is 0.500. The molecule has 0 bridgehead atoms. The minimum Gasteiger partial charge on any atom is -0.327 e. The van der Waals surface area contributed by atoms with Gasteiger partial charge in [-0.2, -0.15) is 0 Å². The number of aryl methyl sites for hydroxylation is 1. The molecule has 1 aliphatic rings. The molecule has 0 radical (unpaired) electrons. The normalized spacial score (nSPS) is 19.2. The number of nitrogens with zero attached hydrogens (tertiary/aromatic N) is 1. The molecule has 1 aromatic carbocycles. The van der Waals surface area contributed by atoms with Gasteiger partial charge in [0.15, 0.2) is 0 Å². The Morgan fingerprint density at radius 1 is 1.50 bits per heavy atom. The third-order valence-corrected chi connectivity index (χ3v) is 3.63. The highest BCUT2D eigenvalue weighted by molar-refractivity contribution is 5.46. The molecule has 0 spiro atoms. The molecule has 1 unspecified atom stereocenters. The highest BCUT2D eigenvalue weighted by Gasteiger charge is 2.48. The van der Waals surface area contributed by atoms with Gasteiger partial charge in [-0.1, -0.05) is 6.07 Å². The Bertz CT molecular complexity index is 437. The Morgan fingerprint density at radius 3 is 2.56 bits per heavy atom. The van der Waals surface area contributed by atoms with Crippen LogP contribution in [-0.2, 0) is 5.41 Å². The van der Waals surface area contributed by atoms with Crippen molar-refractivity contribution in [3.8, 4) is 0 Å². The fourth-order valence-electron chi connectivity index (χ4n) is 2.36. The first-order valence-corrected chi connectivity index (χ1v) is 5.48. The quantitative estimate of drug-likeness (QED) is 0.627. The van der Waals surface area contributed by atoms with E-state index in [4.69, 9.17) is 5.73 Å². The Labute approximate surface area is 94.6 Å². The van der Waals surface area contributed by atoms with Crippen LogP contribution in [0.2, 0.25) is 0 Å². The van der Waals surface area contributed by atoms with E-state index in [1.54, 1.807) is 12.1 Å². The Balaban J connectivity index is 2.48. The molecule has 2 rings (SSSR count). The van der Waals surface area contributed by atoms with Gasteiger partial charge in [-0.15, -0.1) is 0 Å². The van der Waals surface area contributed by atoms with Gasteiger partial charge in [-0.25, -0.2) is 0 Å². The van der Waals surface area contributed by atoms with Gasteiger partial charge in [0.1, 0.15) is 0 Å². The first-order valence-electron chi connectivity index (χ1n) is 5.48. The summed E-state index contributed by atoms with van der Waals surface area (Å²) in [5, 5.41) is 10.8. The molecule has 0 aliphatic heterocycles. The average molecular weight is 220 g/mol. The third kappa shape index (κ3) is 1.59. The van der Waals surface area contributed by atoms with E-state index in [0.29, 0.717) is 0 Å². The van der Waals surface area contributed by atoms with Crippen LogP contribution in [0.15, 0.2) is 18.2 Å². The molecule has 0 saturated heterocycles. The van der Waals surface area contributed by atoms with Crippen molar-refractivity contribution in [1.82, 2.24) is 0 Å². The zero-order valence-electron chi connectivity index (χ0n) is 9.56. The van der Waals surface area contributed by atoms with Crippen LogP contribution in [0.1, 0.15) is 30.9 Å². The zero-order valence-corrected chi connectivity index (χ0v) is 9.56. The van der Waals surface area contributed by atoms with Crippen LogP contribution in [0, 0.1) is 17.0 Å². The Kier molecular flexibility index (Phi) is 2.46. The van der Waals surface area contributed by atoms with Crippen molar-refractivity contribution in [2.45, 2.75) is 38.1 Å². The van der Waals surface area contributed by atoms with E-state index in [-0.39, 0.29) is 22.1 Å². The lowest BCUT2D eigenvalue weighted by Gasteiger charge is -2.21. The van der Waals surface area contributed by atoms with Crippen molar-refractivity contribution < 1.29 is 4.92 Å². The van der Waals surface area contributed by atoms with E-state index < -0.39 is 0 Å². The molecule has 4 heteroatoms. The SMILES string of the molecule is Cc1ccc([N+](=O)[O-])cc1C1(C(C)N)CC1. The minimum absolute atomic E-state index is 0.0178. The Hall–Kier alpha value is -1.42. The number of hydrogen-bond donors (Lipinski definition) is 1. The number of hydrogen-bond acceptors (Lipinski definition) is 3. The van der Waals surface area contributed by atoms with E-state index in [2.05, 4.69) is 0 Å². The second-order valence-corrected chi connectivity index (χ2v) is 4.70. The van der Waals surface area contributed by atoms with Gasteiger partial charge < -0.3 is 5.73 Å². The van der Waals surface area contributed by atoms with Crippen molar-refractivity contribution in [3.63, 3.8) is 0 Å². The molecule has 2 N–H and O–H groups in total. The predicted octanol–water partition coefficient (Wildman–Crippen LogP) is 2.28. The molecule has 0 amide bonds. The molecule has 16 heavy (non-hydrogen) atoms. The van der Waals surface area contributed by atoms with Gasteiger partial charge in [0.2, 0.25) is 0 Å². The van der Waals surface area contributed by atoms with Gasteiger partial charge in [-0.05, 0) is 37.8 Å². The molecule has 0 aromatic heterocycles. The van der Waals surface area contributed by atoms with Crippen LogP contribution in [0.4, 0.5) is 5.69 Å². The largest absolute Gasteiger partial charge is 0.327 e. The topological polar surface area (TPSA) is 69.2 Å². The average Bonchev–Trinajstić information content (AvgIpc) is 2.98. The number of non-ortho nitro benzene ring substituents is 1. The molecule has 1 aliphatic carbocycles. The number of nitrogens with two attached hydrogens (primary N) is 1. The molecular formula is C12H16N2O2. The summed E-state index contributed by atoms with van der Waals surface area (Å²) < 4.78 is 0. The molecule has 86 valence electrons. The molecule has 1 atom stereocenters. The fourth-order valence-corrected chi connectivity index (χ4v) is 2.36. The van der Waals surface area contributed by atoms with Crippen molar-refractivity contribution >= 4 is 5.69 Å². The van der Waals surface area contributed by atoms with Crippen LogP contribution in [-0.4, -0.2) is 11.0 Å². The minimum atomic E-state index is -0.347. The van der Waals surface area contributed by atoms with Gasteiger partial charge >= 0.3 is 0 Å². The van der Waals surface area contributed by atoms with E-state index in [1.807, 2.05) is 19.9 Å². The van der Waals surface area contributed by atoms with E-state index in [0.717, 1.165) is 24.0 Å². The summed E-state index contributed by atoms with van der Waals surface area (Å²) in [5.41, 5.74) is 8.28. The van der Waals surface area contributed by atoms with Crippen LogP contribution in [0.5, 0.6) is 0 Å². The second kappa shape index (κ2) is 3.56. The monoisotopic (exact) mass is 220 g/mol. The van der Waals surface area contributed by atoms with Gasteiger partial charge in [-0.3, -0.25) is 10.1 Å². The maximum atomic E-state index is 10.8. The summed E-state index contributed by atoms with van der Waals surface area (Å²) in [6, 6.07) is 5.10. The van der Waals surface area contributed by atoms with Gasteiger partial charge in [0.05, 0.1) is 4.92 Å². The van der Waals surface area contributed by atoms with Gasteiger partial charge in [0.25, 0.3) is 5.69 Å². The van der Waals surface area contributed by atoms with E-state index in [9.17, 15) is 10.1 Å². The summed E-state index contributed by atoms with van der Waals surface area (Å²) in [6.07, 6.45) is 2.07. The zero-order chi connectivity index (χ0) is 11.9. The third-order valence-electron chi connectivity index (χ3n) is 3.63. The number of nitro benzene ring substituents is 1. The first-order chi connectivity index (χ1) is 7.47. The molecule has 4 nitrogen and oxygen atoms in total. The van der Waals surface area contributed by atoms with Crippen LogP contribution < -0.4 is 5.73 Å². The molecule has 1 fully saturated rings. The summed E-state index contributed by atoms with van der Waals surface area (Å²) in [6.45, 7) is 3.97. The highest BCUT2D eigenvalue weighted by Crippen LogP contribution is 2.51. The van der Waals surface area contributed by atoms with Crippen LogP contribution >= 0.6 is 0 Å². The number of benzene rings is 1. The lowest BCUT2D eigenvalue weighted by Crippen LogP contribution is -2.32. The van der Waals surface area contributed by atoms with E-state index >= 15 is 0 Å². The summed E-state index contributed by atoms with van der Waals surface area (Å²) >= 11 is 0. The first kappa shape index (κ1) is 11.1. The lowest BCUT2D eigenvalue weighted by molar-refractivity contribution is -0.385. The van der Waals surface area contributed by atoms with E-state index in [1.165, 1.54) is 0 Å². The van der Waals surface area contributed by atoms with Crippen molar-refractivity contribution in [2.24, 2.45) is 5.73 Å². The van der Waals surface area contributed by atoms with Crippen LogP contribution in [0.3, 0.4) is 0 Å². The smallest absolute Gasteiger partial charge is 0.269 e. The maximum Gasteiger partial charge on any atom is 0.269 e. The molecular weight excluding hydrogens is 204 g/mol. The molecule has 0 heterocycles. The molecule has 1 aromatic rings. The Morgan fingerprint density at radius 2 is 2.12 bits per heavy atom. The van der Waals surface area contributed by atoms with Crippen molar-refractivity contribution in [1.29, 1.82) is 0 Å².